The molecule has 10 heteroatoms. The number of pyridine rings is 1. The maximum absolute atomic E-state index is 12.9. The molecule has 3 atom stereocenters. The number of nitrogens with zero attached hydrogens (tertiary/aromatic N) is 1. The largest absolute Gasteiger partial charge is 0.497 e. The van der Waals surface area contributed by atoms with Gasteiger partial charge in [-0.05, 0) is 25.8 Å². The molecule has 1 aromatic carbocycles. The zero-order valence-corrected chi connectivity index (χ0v) is 21.9. The monoisotopic (exact) mass is 502 g/mol. The molecule has 10 nitrogen and oxygen atoms in total. The number of rotatable bonds is 11. The molecule has 0 aliphatic heterocycles. The average molecular weight is 503 g/mol. The molecular weight excluding hydrogens is 468 g/mol. The van der Waals surface area contributed by atoms with E-state index >= 15 is 0 Å². The van der Waals surface area contributed by atoms with Crippen molar-refractivity contribution in [2.24, 2.45) is 5.92 Å². The number of hydrogen-bond donors (Lipinski definition) is 1. The summed E-state index contributed by atoms with van der Waals surface area (Å²) in [4.78, 5) is 41.3. The van der Waals surface area contributed by atoms with Crippen molar-refractivity contribution in [1.29, 1.82) is 0 Å². The smallest absolute Gasteiger partial charge is 0.328 e. The lowest BCUT2D eigenvalue weighted by Crippen LogP contribution is -2.42. The fourth-order valence-corrected chi connectivity index (χ4v) is 3.93. The van der Waals surface area contributed by atoms with Crippen molar-refractivity contribution < 1.29 is 38.1 Å². The van der Waals surface area contributed by atoms with E-state index < -0.39 is 30.0 Å². The quantitative estimate of drug-likeness (QED) is 0.460. The molecule has 0 spiro atoms. The molecule has 0 aliphatic carbocycles. The predicted octanol–water partition coefficient (Wildman–Crippen LogP) is 3.52. The highest BCUT2D eigenvalue weighted by Crippen LogP contribution is 2.38. The molecule has 0 saturated carbocycles. The van der Waals surface area contributed by atoms with Crippen LogP contribution in [0.2, 0.25) is 0 Å². The van der Waals surface area contributed by atoms with Crippen molar-refractivity contribution in [1.82, 2.24) is 10.3 Å². The molecule has 1 amide bonds. The lowest BCUT2D eigenvalue weighted by Gasteiger charge is -2.30. The van der Waals surface area contributed by atoms with Gasteiger partial charge in [0, 0.05) is 36.7 Å². The van der Waals surface area contributed by atoms with Gasteiger partial charge in [0.05, 0.1) is 21.3 Å². The van der Waals surface area contributed by atoms with Gasteiger partial charge in [0.15, 0.2) is 11.4 Å². The van der Waals surface area contributed by atoms with Crippen LogP contribution in [0.4, 0.5) is 0 Å². The summed E-state index contributed by atoms with van der Waals surface area (Å²) in [6.07, 6.45) is 0.798. The fourth-order valence-electron chi connectivity index (χ4n) is 3.93. The van der Waals surface area contributed by atoms with Crippen molar-refractivity contribution >= 4 is 17.8 Å². The molecule has 196 valence electrons. The van der Waals surface area contributed by atoms with Crippen LogP contribution in [0.15, 0.2) is 30.5 Å². The van der Waals surface area contributed by atoms with E-state index in [0.29, 0.717) is 11.5 Å². The molecular formula is C26H34N2O8. The minimum absolute atomic E-state index is 0.104. The molecule has 0 saturated heterocycles. The number of carbonyl (C=O) groups is 3. The molecule has 0 fully saturated rings. The van der Waals surface area contributed by atoms with Gasteiger partial charge in [-0.25, -0.2) is 9.78 Å². The number of benzene rings is 1. The summed E-state index contributed by atoms with van der Waals surface area (Å²) in [6, 6.07) is 5.94. The van der Waals surface area contributed by atoms with Crippen LogP contribution in [0.5, 0.6) is 23.0 Å². The van der Waals surface area contributed by atoms with Gasteiger partial charge in [0.2, 0.25) is 5.75 Å². The van der Waals surface area contributed by atoms with Crippen molar-refractivity contribution in [3.63, 3.8) is 0 Å². The van der Waals surface area contributed by atoms with Gasteiger partial charge in [0.25, 0.3) is 5.91 Å². The van der Waals surface area contributed by atoms with Crippen molar-refractivity contribution in [2.75, 3.05) is 21.3 Å². The van der Waals surface area contributed by atoms with E-state index in [1.165, 1.54) is 33.2 Å². The summed E-state index contributed by atoms with van der Waals surface area (Å²) >= 11 is 0. The zero-order chi connectivity index (χ0) is 27.0. The number of carbonyl (C=O) groups excluding carboxylic acids is 3. The molecule has 1 N–H and O–H groups in total. The van der Waals surface area contributed by atoms with Crippen molar-refractivity contribution in [2.45, 2.75) is 52.7 Å². The van der Waals surface area contributed by atoms with Crippen molar-refractivity contribution in [3.8, 4) is 23.0 Å². The zero-order valence-electron chi connectivity index (χ0n) is 21.9. The number of aromatic nitrogens is 1. The molecule has 0 radical (unpaired) electrons. The van der Waals surface area contributed by atoms with Gasteiger partial charge >= 0.3 is 11.9 Å². The minimum atomic E-state index is -1.01. The van der Waals surface area contributed by atoms with Crippen LogP contribution in [0, 0.1) is 5.92 Å². The summed E-state index contributed by atoms with van der Waals surface area (Å²) in [5, 5.41) is 2.55. The number of methoxy groups -OCH3 is 3. The van der Waals surface area contributed by atoms with Gasteiger partial charge in [-0.2, -0.15) is 0 Å². The molecule has 36 heavy (non-hydrogen) atoms. The van der Waals surface area contributed by atoms with E-state index in [2.05, 4.69) is 10.3 Å². The summed E-state index contributed by atoms with van der Waals surface area (Å²) in [7, 11) is 4.51. The first-order valence-corrected chi connectivity index (χ1v) is 11.5. The number of hydrogen-bond acceptors (Lipinski definition) is 9. The van der Waals surface area contributed by atoms with Gasteiger partial charge < -0.3 is 29.0 Å². The van der Waals surface area contributed by atoms with Crippen LogP contribution in [-0.2, 0) is 14.3 Å². The van der Waals surface area contributed by atoms with Crippen LogP contribution in [0.1, 0.15) is 56.6 Å². The predicted molar refractivity (Wildman–Crippen MR) is 132 cm³/mol. The summed E-state index contributed by atoms with van der Waals surface area (Å²) in [5.41, 5.74) is 0.678. The average Bonchev–Trinajstić information content (AvgIpc) is 2.83. The highest BCUT2D eigenvalue weighted by Gasteiger charge is 2.31. The minimum Gasteiger partial charge on any atom is -0.497 e. The third-order valence-corrected chi connectivity index (χ3v) is 5.58. The SMILES string of the molecule is COc1ccc([C@H](C(C)C)[C@H](C)OC(=O)[C@H](C)NC(=O)c2nccc(OC)c2OC(C)=O)c(OC)c1. The summed E-state index contributed by atoms with van der Waals surface area (Å²) in [6.45, 7) is 8.53. The topological polar surface area (TPSA) is 122 Å². The number of nitrogens with one attached hydrogen (secondary N) is 1. The van der Waals surface area contributed by atoms with Gasteiger partial charge in [0.1, 0.15) is 23.6 Å². The van der Waals surface area contributed by atoms with E-state index in [4.69, 9.17) is 23.7 Å². The number of ether oxygens (including phenoxy) is 5. The van der Waals surface area contributed by atoms with E-state index in [1.54, 1.807) is 27.2 Å². The highest BCUT2D eigenvalue weighted by atomic mass is 16.6. The summed E-state index contributed by atoms with van der Waals surface area (Å²) < 4.78 is 26.9. The Hall–Kier alpha value is -3.82. The second-order valence-electron chi connectivity index (χ2n) is 8.50. The maximum atomic E-state index is 12.9. The summed E-state index contributed by atoms with van der Waals surface area (Å²) in [5.74, 6) is -0.790. The number of esters is 2. The Morgan fingerprint density at radius 2 is 1.58 bits per heavy atom. The van der Waals surface area contributed by atoms with Crippen LogP contribution in [0.25, 0.3) is 0 Å². The molecule has 0 unspecified atom stereocenters. The normalized spacial score (nSPS) is 13.2. The molecule has 0 bridgehead atoms. The first-order valence-electron chi connectivity index (χ1n) is 11.5. The molecule has 1 aromatic heterocycles. The highest BCUT2D eigenvalue weighted by molar-refractivity contribution is 5.98. The van der Waals surface area contributed by atoms with Crippen LogP contribution < -0.4 is 24.3 Å². The molecule has 2 aromatic rings. The Morgan fingerprint density at radius 3 is 2.14 bits per heavy atom. The standard InChI is InChI=1S/C26H34N2O8/c1-14(2)22(19-10-9-18(32-6)13-21(19)34-8)16(4)35-26(31)15(3)28-25(30)23-24(36-17(5)29)20(33-7)11-12-27-23/h9-16,22H,1-8H3,(H,28,30)/t15-,16-,22+/m0/s1. The molecule has 1 heterocycles. The van der Waals surface area contributed by atoms with E-state index in [9.17, 15) is 14.4 Å². The third-order valence-electron chi connectivity index (χ3n) is 5.58. The molecule has 0 aliphatic rings. The van der Waals surface area contributed by atoms with E-state index in [-0.39, 0.29) is 29.0 Å². The van der Waals surface area contributed by atoms with E-state index in [0.717, 1.165) is 5.56 Å². The van der Waals surface area contributed by atoms with Crippen molar-refractivity contribution in [3.05, 3.63) is 41.7 Å². The van der Waals surface area contributed by atoms with Gasteiger partial charge in [-0.3, -0.25) is 9.59 Å². The van der Waals surface area contributed by atoms with Gasteiger partial charge in [-0.1, -0.05) is 19.9 Å². The second-order valence-corrected chi connectivity index (χ2v) is 8.50. The Kier molecular flexibility index (Phi) is 10.1. The van der Waals surface area contributed by atoms with E-state index in [1.807, 2.05) is 26.0 Å². The lowest BCUT2D eigenvalue weighted by molar-refractivity contribution is -0.151. The molecule has 2 rings (SSSR count). The first-order chi connectivity index (χ1) is 17.0. The Morgan fingerprint density at radius 1 is 0.917 bits per heavy atom. The van der Waals surface area contributed by atoms with Gasteiger partial charge in [-0.15, -0.1) is 0 Å². The van der Waals surface area contributed by atoms with Crippen LogP contribution in [-0.4, -0.2) is 56.3 Å². The first kappa shape index (κ1) is 28.4. The fraction of sp³-hybridized carbons (Fsp3) is 0.462. The third kappa shape index (κ3) is 6.87. The Bertz CT molecular complexity index is 1090. The number of amides is 1. The Balaban J connectivity index is 2.19. The van der Waals surface area contributed by atoms with Crippen LogP contribution >= 0.6 is 0 Å². The van der Waals surface area contributed by atoms with Crippen LogP contribution in [0.3, 0.4) is 0 Å². The second kappa shape index (κ2) is 12.8. The lowest BCUT2D eigenvalue weighted by atomic mass is 9.83. The Labute approximate surface area is 211 Å². The maximum Gasteiger partial charge on any atom is 0.328 e.